The van der Waals surface area contributed by atoms with Crippen LogP contribution in [0.1, 0.15) is 65.7 Å². The molecule has 1 N–H and O–H groups in total. The second kappa shape index (κ2) is 4.69. The van der Waals surface area contributed by atoms with Gasteiger partial charge in [-0.2, -0.15) is 0 Å². The van der Waals surface area contributed by atoms with Crippen LogP contribution in [0.3, 0.4) is 0 Å². The Morgan fingerprint density at radius 1 is 1.14 bits per heavy atom. The van der Waals surface area contributed by atoms with E-state index < -0.39 is 0 Å². The normalized spacial score (nSPS) is 54.3. The van der Waals surface area contributed by atoms with Crippen molar-refractivity contribution in [3.8, 4) is 0 Å². The predicted octanol–water partition coefficient (Wildman–Crippen LogP) is 4.13. The topological polar surface area (TPSA) is 37.3 Å². The molecule has 0 aromatic carbocycles. The van der Waals surface area contributed by atoms with Crippen LogP contribution in [0.15, 0.2) is 11.6 Å². The van der Waals surface area contributed by atoms with Crippen LogP contribution in [-0.2, 0) is 4.79 Å². The predicted molar refractivity (Wildman–Crippen MR) is 87.3 cm³/mol. The van der Waals surface area contributed by atoms with Gasteiger partial charge in [-0.25, -0.2) is 0 Å². The first-order chi connectivity index (χ1) is 10.4. The van der Waals surface area contributed by atoms with E-state index >= 15 is 0 Å². The average Bonchev–Trinajstić information content (AvgIpc) is 2.77. The zero-order valence-corrected chi connectivity index (χ0v) is 14.3. The third-order valence-electron chi connectivity index (χ3n) is 8.46. The van der Waals surface area contributed by atoms with Crippen LogP contribution in [0.2, 0.25) is 0 Å². The van der Waals surface area contributed by atoms with Crippen molar-refractivity contribution in [1.82, 2.24) is 0 Å². The molecule has 4 aliphatic carbocycles. The van der Waals surface area contributed by atoms with Gasteiger partial charge in [0.15, 0.2) is 5.78 Å². The molecule has 2 heteroatoms. The molecule has 1 unspecified atom stereocenters. The molecule has 0 heterocycles. The number of aliphatic hydroxyl groups is 1. The first kappa shape index (κ1) is 14.9. The fourth-order valence-electron chi connectivity index (χ4n) is 6.91. The van der Waals surface area contributed by atoms with Gasteiger partial charge in [0.1, 0.15) is 0 Å². The van der Waals surface area contributed by atoms with Crippen molar-refractivity contribution in [2.75, 3.05) is 0 Å². The van der Waals surface area contributed by atoms with Gasteiger partial charge in [0.05, 0.1) is 6.10 Å². The fourth-order valence-corrected chi connectivity index (χ4v) is 6.91. The summed E-state index contributed by atoms with van der Waals surface area (Å²) in [4.78, 5) is 12.0. The standard InChI is InChI=1S/C20H30O2/c1-12-10-14(21)11-13-4-5-15-16-6-7-18(22)19(16,2)9-8-17(15)20(12,13)3/h11-12,15-18,22H,4-10H2,1-3H3/t12?,15-,16-,17-,18-,19-,20-/m0/s1. The maximum atomic E-state index is 12.0. The van der Waals surface area contributed by atoms with Crippen LogP contribution in [-0.4, -0.2) is 17.0 Å². The van der Waals surface area contributed by atoms with Crippen LogP contribution in [0.5, 0.6) is 0 Å². The van der Waals surface area contributed by atoms with Crippen LogP contribution in [0, 0.1) is 34.5 Å². The molecule has 122 valence electrons. The van der Waals surface area contributed by atoms with E-state index in [9.17, 15) is 9.90 Å². The van der Waals surface area contributed by atoms with Crippen molar-refractivity contribution >= 4 is 5.78 Å². The molecule has 4 rings (SSSR count). The summed E-state index contributed by atoms with van der Waals surface area (Å²) in [6.07, 6.45) is 9.59. The summed E-state index contributed by atoms with van der Waals surface area (Å²) in [5, 5.41) is 10.5. The highest BCUT2D eigenvalue weighted by Gasteiger charge is 2.59. The van der Waals surface area contributed by atoms with Gasteiger partial charge in [-0.05, 0) is 79.1 Å². The molecule has 0 radical (unpaired) electrons. The van der Waals surface area contributed by atoms with E-state index in [2.05, 4.69) is 20.8 Å². The number of allylic oxidation sites excluding steroid dienone is 1. The number of rotatable bonds is 0. The smallest absolute Gasteiger partial charge is 0.155 e. The average molecular weight is 302 g/mol. The van der Waals surface area contributed by atoms with E-state index in [1.54, 1.807) is 0 Å². The number of hydrogen-bond donors (Lipinski definition) is 1. The molecule has 3 fully saturated rings. The summed E-state index contributed by atoms with van der Waals surface area (Å²) in [7, 11) is 0. The molecule has 7 atom stereocenters. The van der Waals surface area contributed by atoms with Crippen LogP contribution >= 0.6 is 0 Å². The largest absolute Gasteiger partial charge is 0.393 e. The molecule has 2 nitrogen and oxygen atoms in total. The molecule has 0 spiro atoms. The van der Waals surface area contributed by atoms with E-state index in [4.69, 9.17) is 0 Å². The van der Waals surface area contributed by atoms with Gasteiger partial charge < -0.3 is 5.11 Å². The number of carbonyl (C=O) groups is 1. The lowest BCUT2D eigenvalue weighted by molar-refractivity contribution is -0.121. The van der Waals surface area contributed by atoms with E-state index in [1.807, 2.05) is 6.08 Å². The SMILES string of the molecule is CC1CC(=O)C=C2CC[C@H]3[C@@H]4CC[C@H](O)[C@@]4(C)CC[C@@H]3[C@]21C. The molecule has 0 saturated heterocycles. The van der Waals surface area contributed by atoms with E-state index in [1.165, 1.54) is 31.3 Å². The van der Waals surface area contributed by atoms with Crippen LogP contribution in [0.4, 0.5) is 0 Å². The second-order valence-corrected chi connectivity index (χ2v) is 9.08. The van der Waals surface area contributed by atoms with E-state index in [0.717, 1.165) is 31.1 Å². The highest BCUT2D eigenvalue weighted by Crippen LogP contribution is 2.66. The Morgan fingerprint density at radius 3 is 2.68 bits per heavy atom. The summed E-state index contributed by atoms with van der Waals surface area (Å²) in [6.45, 7) is 7.08. The maximum Gasteiger partial charge on any atom is 0.155 e. The van der Waals surface area contributed by atoms with Crippen molar-refractivity contribution < 1.29 is 9.90 Å². The van der Waals surface area contributed by atoms with Gasteiger partial charge in [-0.15, -0.1) is 0 Å². The quantitative estimate of drug-likeness (QED) is 0.730. The van der Waals surface area contributed by atoms with E-state index in [-0.39, 0.29) is 16.9 Å². The number of aliphatic hydroxyl groups excluding tert-OH is 1. The van der Waals surface area contributed by atoms with Gasteiger partial charge in [-0.3, -0.25) is 4.79 Å². The zero-order valence-electron chi connectivity index (χ0n) is 14.3. The lowest BCUT2D eigenvalue weighted by Gasteiger charge is -2.59. The minimum atomic E-state index is -0.0893. The molecule has 4 aliphatic rings. The molecule has 0 aromatic rings. The van der Waals surface area contributed by atoms with Crippen LogP contribution < -0.4 is 0 Å². The molecular formula is C20H30O2. The lowest BCUT2D eigenvalue weighted by Crippen LogP contribution is -2.53. The Balaban J connectivity index is 1.72. The minimum absolute atomic E-state index is 0.0893. The van der Waals surface area contributed by atoms with Gasteiger partial charge in [-0.1, -0.05) is 26.3 Å². The summed E-state index contributed by atoms with van der Waals surface area (Å²) in [5.41, 5.74) is 1.83. The second-order valence-electron chi connectivity index (χ2n) is 9.08. The van der Waals surface area contributed by atoms with Gasteiger partial charge in [0, 0.05) is 6.42 Å². The molecule has 0 bridgehead atoms. The lowest BCUT2D eigenvalue weighted by atomic mass is 9.45. The van der Waals surface area contributed by atoms with Crippen molar-refractivity contribution in [3.63, 3.8) is 0 Å². The number of hydrogen-bond acceptors (Lipinski definition) is 2. The van der Waals surface area contributed by atoms with Gasteiger partial charge in [0.2, 0.25) is 0 Å². The number of fused-ring (bicyclic) bond motifs is 5. The van der Waals surface area contributed by atoms with Crippen molar-refractivity contribution in [3.05, 3.63) is 11.6 Å². The Hall–Kier alpha value is -0.630. The molecule has 0 aliphatic heterocycles. The fraction of sp³-hybridized carbons (Fsp3) is 0.850. The molecular weight excluding hydrogens is 272 g/mol. The summed E-state index contributed by atoms with van der Waals surface area (Å²) in [5.74, 6) is 3.00. The van der Waals surface area contributed by atoms with Crippen molar-refractivity contribution in [2.24, 2.45) is 34.5 Å². The highest BCUT2D eigenvalue weighted by atomic mass is 16.3. The number of ketones is 1. The first-order valence-corrected chi connectivity index (χ1v) is 9.29. The summed E-state index contributed by atoms with van der Waals surface area (Å²) < 4.78 is 0. The Labute approximate surface area is 134 Å². The highest BCUT2D eigenvalue weighted by molar-refractivity contribution is 5.92. The Bertz CT molecular complexity index is 536. The minimum Gasteiger partial charge on any atom is -0.393 e. The van der Waals surface area contributed by atoms with E-state index in [0.29, 0.717) is 17.6 Å². The van der Waals surface area contributed by atoms with Crippen LogP contribution in [0.25, 0.3) is 0 Å². The van der Waals surface area contributed by atoms with Crippen molar-refractivity contribution in [1.29, 1.82) is 0 Å². The molecule has 0 aromatic heterocycles. The third kappa shape index (κ3) is 1.74. The maximum absolute atomic E-state index is 12.0. The van der Waals surface area contributed by atoms with Crippen molar-refractivity contribution in [2.45, 2.75) is 71.8 Å². The monoisotopic (exact) mass is 302 g/mol. The summed E-state index contributed by atoms with van der Waals surface area (Å²) in [6, 6.07) is 0. The molecule has 22 heavy (non-hydrogen) atoms. The summed E-state index contributed by atoms with van der Waals surface area (Å²) >= 11 is 0. The first-order valence-electron chi connectivity index (χ1n) is 9.29. The molecule has 3 saturated carbocycles. The molecule has 0 amide bonds. The Morgan fingerprint density at radius 2 is 1.91 bits per heavy atom. The van der Waals surface area contributed by atoms with Gasteiger partial charge >= 0.3 is 0 Å². The zero-order chi connectivity index (χ0) is 15.7. The number of carbonyl (C=O) groups excluding carboxylic acids is 1. The Kier molecular flexibility index (Phi) is 3.18. The third-order valence-corrected chi connectivity index (χ3v) is 8.46. The van der Waals surface area contributed by atoms with Gasteiger partial charge in [0.25, 0.3) is 0 Å².